The molecule has 0 bridgehead atoms. The van der Waals surface area contributed by atoms with Crippen molar-refractivity contribution in [3.8, 4) is 0 Å². The zero-order valence-corrected chi connectivity index (χ0v) is 17.7. The normalized spacial score (nSPS) is 21.0. The number of halogens is 1. The number of aromatic amines is 1. The Morgan fingerprint density at radius 1 is 1.30 bits per heavy atom. The molecule has 9 heteroatoms. The first-order chi connectivity index (χ1) is 14.3. The van der Waals surface area contributed by atoms with Crippen LogP contribution < -0.4 is 21.1 Å². The van der Waals surface area contributed by atoms with Crippen LogP contribution in [0.5, 0.6) is 0 Å². The molecule has 3 N–H and O–H groups in total. The van der Waals surface area contributed by atoms with Gasteiger partial charge in [0.1, 0.15) is 5.82 Å². The van der Waals surface area contributed by atoms with E-state index < -0.39 is 17.4 Å². The van der Waals surface area contributed by atoms with Crippen LogP contribution >= 0.6 is 11.6 Å². The summed E-state index contributed by atoms with van der Waals surface area (Å²) in [5.41, 5.74) is 1.15. The maximum Gasteiger partial charge on any atom is 0.258 e. The predicted molar refractivity (Wildman–Crippen MR) is 116 cm³/mol. The summed E-state index contributed by atoms with van der Waals surface area (Å²) in [6, 6.07) is 5.40. The number of amides is 2. The number of benzene rings is 1. The number of fused-ring (bicyclic) bond motifs is 1. The Kier molecular flexibility index (Phi) is 5.51. The van der Waals surface area contributed by atoms with Gasteiger partial charge in [0.05, 0.1) is 11.5 Å². The Morgan fingerprint density at radius 3 is 2.87 bits per heavy atom. The van der Waals surface area contributed by atoms with E-state index in [1.807, 2.05) is 11.8 Å². The van der Waals surface area contributed by atoms with Crippen molar-refractivity contribution in [2.45, 2.75) is 51.5 Å². The van der Waals surface area contributed by atoms with Crippen LogP contribution in [0.1, 0.15) is 49.7 Å². The van der Waals surface area contributed by atoms with Crippen molar-refractivity contribution in [2.75, 3.05) is 22.1 Å². The van der Waals surface area contributed by atoms with Gasteiger partial charge in [0.2, 0.25) is 17.8 Å². The molecule has 158 valence electrons. The minimum Gasteiger partial charge on any atom is -0.340 e. The lowest BCUT2D eigenvalue weighted by molar-refractivity contribution is -0.123. The lowest BCUT2D eigenvalue weighted by Crippen LogP contribution is -2.42. The summed E-state index contributed by atoms with van der Waals surface area (Å²) >= 11 is 6.03. The largest absolute Gasteiger partial charge is 0.340 e. The van der Waals surface area contributed by atoms with Gasteiger partial charge in [0, 0.05) is 29.7 Å². The van der Waals surface area contributed by atoms with Crippen molar-refractivity contribution in [3.63, 3.8) is 0 Å². The average molecular weight is 430 g/mol. The van der Waals surface area contributed by atoms with Crippen LogP contribution in [0.25, 0.3) is 0 Å². The van der Waals surface area contributed by atoms with E-state index in [0.717, 1.165) is 31.4 Å². The molecule has 2 aliphatic heterocycles. The molecule has 1 aromatic carbocycles. The molecule has 2 atom stereocenters. The van der Waals surface area contributed by atoms with Crippen molar-refractivity contribution in [3.05, 3.63) is 44.7 Å². The van der Waals surface area contributed by atoms with Gasteiger partial charge < -0.3 is 15.5 Å². The van der Waals surface area contributed by atoms with Gasteiger partial charge in [-0.25, -0.2) is 0 Å². The number of aryl methyl sites for hydroxylation is 1. The first-order valence-corrected chi connectivity index (χ1v) is 10.5. The number of rotatable bonds is 3. The number of hydrogen-bond donors (Lipinski definition) is 3. The summed E-state index contributed by atoms with van der Waals surface area (Å²) in [5.74, 6) is -1.14. The second-order valence-electron chi connectivity index (χ2n) is 7.94. The fraction of sp³-hybridized carbons (Fsp3) is 0.429. The Balaban J connectivity index is 1.67. The first-order valence-electron chi connectivity index (χ1n) is 10.1. The van der Waals surface area contributed by atoms with E-state index in [-0.39, 0.29) is 29.8 Å². The van der Waals surface area contributed by atoms with Crippen molar-refractivity contribution in [1.29, 1.82) is 0 Å². The van der Waals surface area contributed by atoms with E-state index in [0.29, 0.717) is 16.7 Å². The third-order valence-corrected chi connectivity index (χ3v) is 6.02. The number of nitrogens with one attached hydrogen (secondary N) is 3. The van der Waals surface area contributed by atoms with Gasteiger partial charge in [0.25, 0.3) is 5.56 Å². The summed E-state index contributed by atoms with van der Waals surface area (Å²) in [4.78, 5) is 47.6. The fourth-order valence-electron chi connectivity index (χ4n) is 4.08. The molecule has 1 saturated heterocycles. The maximum atomic E-state index is 13.0. The first kappa shape index (κ1) is 20.4. The number of anilines is 3. The van der Waals surface area contributed by atoms with Crippen molar-refractivity contribution in [2.24, 2.45) is 0 Å². The molecule has 2 aliphatic rings. The number of nitrogens with zero attached hydrogens (tertiary/aromatic N) is 2. The molecule has 0 unspecified atom stereocenters. The zero-order valence-electron chi connectivity index (χ0n) is 16.9. The van der Waals surface area contributed by atoms with Gasteiger partial charge in [-0.05, 0) is 50.8 Å². The SMILES string of the molecule is Cc1ccc(Cl)cc1NC(=O)[C@H]1CC(=O)Nc2nc(N3CCCC[C@H]3C)[nH]c(=O)c21. The molecule has 30 heavy (non-hydrogen) atoms. The molecule has 0 saturated carbocycles. The molecule has 1 aromatic heterocycles. The van der Waals surface area contributed by atoms with E-state index in [1.54, 1.807) is 18.2 Å². The number of aromatic nitrogens is 2. The summed E-state index contributed by atoms with van der Waals surface area (Å²) in [5, 5.41) is 5.95. The fourth-order valence-corrected chi connectivity index (χ4v) is 4.25. The van der Waals surface area contributed by atoms with E-state index in [1.165, 1.54) is 0 Å². The average Bonchev–Trinajstić information content (AvgIpc) is 2.70. The smallest absolute Gasteiger partial charge is 0.258 e. The molecular weight excluding hydrogens is 406 g/mol. The summed E-state index contributed by atoms with van der Waals surface area (Å²) in [6.07, 6.45) is 3.04. The third-order valence-electron chi connectivity index (χ3n) is 5.79. The summed E-state index contributed by atoms with van der Waals surface area (Å²) < 4.78 is 0. The molecule has 0 radical (unpaired) electrons. The lowest BCUT2D eigenvalue weighted by Gasteiger charge is -2.34. The second kappa shape index (κ2) is 8.10. The highest BCUT2D eigenvalue weighted by atomic mass is 35.5. The second-order valence-corrected chi connectivity index (χ2v) is 8.38. The summed E-state index contributed by atoms with van der Waals surface area (Å²) in [7, 11) is 0. The van der Waals surface area contributed by atoms with Crippen molar-refractivity contribution >= 4 is 40.9 Å². The van der Waals surface area contributed by atoms with Crippen LogP contribution in [0, 0.1) is 6.92 Å². The molecule has 1 fully saturated rings. The Bertz CT molecular complexity index is 1070. The van der Waals surface area contributed by atoms with E-state index >= 15 is 0 Å². The summed E-state index contributed by atoms with van der Waals surface area (Å²) in [6.45, 7) is 4.71. The van der Waals surface area contributed by atoms with E-state index in [2.05, 4.69) is 27.5 Å². The Labute approximate surface area is 179 Å². The standard InChI is InChI=1S/C21H24ClN5O3/c1-11-6-7-13(22)9-15(11)23-19(29)14-10-16(28)24-18-17(14)20(30)26-21(25-18)27-8-4-3-5-12(27)2/h6-7,9,12,14H,3-5,8,10H2,1-2H3,(H,23,29)(H2,24,25,26,28,30)/t12-,14+/m1/s1. The minimum atomic E-state index is -0.934. The molecule has 2 amide bonds. The van der Waals surface area contributed by atoms with Crippen molar-refractivity contribution in [1.82, 2.24) is 9.97 Å². The lowest BCUT2D eigenvalue weighted by atomic mass is 9.92. The highest BCUT2D eigenvalue weighted by Crippen LogP contribution is 2.32. The maximum absolute atomic E-state index is 13.0. The van der Waals surface area contributed by atoms with Gasteiger partial charge in [-0.3, -0.25) is 19.4 Å². The van der Waals surface area contributed by atoms with Crippen LogP contribution in [0.2, 0.25) is 5.02 Å². The molecule has 0 spiro atoms. The highest BCUT2D eigenvalue weighted by Gasteiger charge is 2.35. The monoisotopic (exact) mass is 429 g/mol. The van der Waals surface area contributed by atoms with Gasteiger partial charge in [-0.1, -0.05) is 17.7 Å². The van der Waals surface area contributed by atoms with Gasteiger partial charge in [-0.15, -0.1) is 0 Å². The minimum absolute atomic E-state index is 0.122. The number of piperidine rings is 1. The van der Waals surface area contributed by atoms with Crippen molar-refractivity contribution < 1.29 is 9.59 Å². The zero-order chi connectivity index (χ0) is 21.4. The number of carbonyl (C=O) groups excluding carboxylic acids is 2. The van der Waals surface area contributed by atoms with Crippen LogP contribution in [0.4, 0.5) is 17.5 Å². The van der Waals surface area contributed by atoms with Gasteiger partial charge in [-0.2, -0.15) is 4.98 Å². The Hall–Kier alpha value is -2.87. The molecule has 4 rings (SSSR count). The third kappa shape index (κ3) is 3.92. The molecular formula is C21H24ClN5O3. The van der Waals surface area contributed by atoms with Crippen LogP contribution in [0.15, 0.2) is 23.0 Å². The van der Waals surface area contributed by atoms with E-state index in [4.69, 9.17) is 11.6 Å². The van der Waals surface area contributed by atoms with E-state index in [9.17, 15) is 14.4 Å². The number of carbonyl (C=O) groups is 2. The Morgan fingerprint density at radius 2 is 2.10 bits per heavy atom. The van der Waals surface area contributed by atoms with Crippen LogP contribution in [-0.4, -0.2) is 34.4 Å². The topological polar surface area (TPSA) is 107 Å². The number of hydrogen-bond acceptors (Lipinski definition) is 5. The van der Waals surface area contributed by atoms with Gasteiger partial charge in [0.15, 0.2) is 0 Å². The van der Waals surface area contributed by atoms with Crippen LogP contribution in [-0.2, 0) is 9.59 Å². The quantitative estimate of drug-likeness (QED) is 0.694. The molecule has 0 aliphatic carbocycles. The number of H-pyrrole nitrogens is 1. The predicted octanol–water partition coefficient (Wildman–Crippen LogP) is 3.18. The highest BCUT2D eigenvalue weighted by molar-refractivity contribution is 6.31. The molecule has 3 heterocycles. The molecule has 2 aromatic rings. The van der Waals surface area contributed by atoms with Crippen LogP contribution in [0.3, 0.4) is 0 Å². The van der Waals surface area contributed by atoms with Gasteiger partial charge >= 0.3 is 0 Å². The molecule has 8 nitrogen and oxygen atoms in total.